The van der Waals surface area contributed by atoms with Crippen molar-refractivity contribution in [3.8, 4) is 0 Å². The van der Waals surface area contributed by atoms with Crippen LogP contribution in [0.4, 0.5) is 9.80 Å². The van der Waals surface area contributed by atoms with Gasteiger partial charge in [0.1, 0.15) is 0 Å². The van der Waals surface area contributed by atoms with E-state index >= 15 is 0 Å². The van der Waals surface area contributed by atoms with Crippen LogP contribution in [-0.2, 0) is 4.74 Å². The molecule has 0 unspecified atom stereocenters. The first-order valence-electron chi connectivity index (χ1n) is 8.01. The molecule has 1 aromatic rings. The molecule has 2 N–H and O–H groups in total. The summed E-state index contributed by atoms with van der Waals surface area (Å²) in [6, 6.07) is -0.0492. The Hall–Kier alpha value is -1.74. The van der Waals surface area contributed by atoms with Gasteiger partial charge in [0, 0.05) is 30.7 Å². The van der Waals surface area contributed by atoms with Crippen LogP contribution in [0.1, 0.15) is 42.6 Å². The molecule has 1 aromatic heterocycles. The van der Waals surface area contributed by atoms with Gasteiger partial charge in [0.15, 0.2) is 10.7 Å². The fourth-order valence-corrected chi connectivity index (χ4v) is 3.42. The van der Waals surface area contributed by atoms with Crippen LogP contribution in [0, 0.1) is 0 Å². The van der Waals surface area contributed by atoms with Crippen LogP contribution < -0.4 is 10.6 Å². The molecule has 2 heterocycles. The summed E-state index contributed by atoms with van der Waals surface area (Å²) in [6.45, 7) is 2.15. The van der Waals surface area contributed by atoms with Crippen molar-refractivity contribution in [2.75, 3.05) is 31.6 Å². The predicted molar refractivity (Wildman–Crippen MR) is 85.7 cm³/mol. The third kappa shape index (κ3) is 4.17. The third-order valence-electron chi connectivity index (χ3n) is 4.16. The fourth-order valence-electron chi connectivity index (χ4n) is 2.86. The number of rotatable bonds is 3. The lowest BCUT2D eigenvalue weighted by Gasteiger charge is -2.26. The predicted octanol–water partition coefficient (Wildman–Crippen LogP) is 1.46. The molecular weight excluding hydrogens is 318 g/mol. The highest BCUT2D eigenvalue weighted by atomic mass is 32.1. The number of nitrogens with zero attached hydrogens (tertiary/aromatic N) is 3. The van der Waals surface area contributed by atoms with Crippen LogP contribution in [0.25, 0.3) is 0 Å². The summed E-state index contributed by atoms with van der Waals surface area (Å²) in [7, 11) is 0. The van der Waals surface area contributed by atoms with Gasteiger partial charge in [0.2, 0.25) is 0 Å². The SMILES string of the molecule is O=C(NC1CCCCC1)c1nnsc1NC(=O)N1CCOCC1. The molecule has 0 atom stereocenters. The third-order valence-corrected chi connectivity index (χ3v) is 4.80. The zero-order valence-electron chi connectivity index (χ0n) is 12.9. The maximum absolute atomic E-state index is 12.4. The summed E-state index contributed by atoms with van der Waals surface area (Å²) in [5.41, 5.74) is 0.196. The van der Waals surface area contributed by atoms with Crippen LogP contribution in [0.2, 0.25) is 0 Å². The van der Waals surface area contributed by atoms with Gasteiger partial charge in [-0.25, -0.2) is 4.79 Å². The van der Waals surface area contributed by atoms with Crippen molar-refractivity contribution >= 4 is 28.5 Å². The van der Waals surface area contributed by atoms with Gasteiger partial charge in [0.25, 0.3) is 5.91 Å². The van der Waals surface area contributed by atoms with Gasteiger partial charge in [0.05, 0.1) is 13.2 Å². The number of urea groups is 1. The molecule has 2 fully saturated rings. The largest absolute Gasteiger partial charge is 0.378 e. The van der Waals surface area contributed by atoms with E-state index < -0.39 is 0 Å². The highest BCUT2D eigenvalue weighted by Crippen LogP contribution is 2.21. The van der Waals surface area contributed by atoms with Gasteiger partial charge < -0.3 is 15.0 Å². The van der Waals surface area contributed by atoms with E-state index in [1.54, 1.807) is 4.90 Å². The van der Waals surface area contributed by atoms with E-state index in [1.165, 1.54) is 6.42 Å². The van der Waals surface area contributed by atoms with E-state index in [9.17, 15) is 9.59 Å². The molecule has 9 heteroatoms. The molecule has 23 heavy (non-hydrogen) atoms. The van der Waals surface area contributed by atoms with E-state index in [0.717, 1.165) is 37.2 Å². The Morgan fingerprint density at radius 3 is 2.65 bits per heavy atom. The maximum Gasteiger partial charge on any atom is 0.322 e. The van der Waals surface area contributed by atoms with Crippen molar-refractivity contribution in [1.82, 2.24) is 19.8 Å². The first-order valence-corrected chi connectivity index (χ1v) is 8.78. The van der Waals surface area contributed by atoms with E-state index in [2.05, 4.69) is 20.2 Å². The Morgan fingerprint density at radius 2 is 1.91 bits per heavy atom. The minimum atomic E-state index is -0.261. The summed E-state index contributed by atoms with van der Waals surface area (Å²) in [5, 5.41) is 10.0. The summed E-state index contributed by atoms with van der Waals surface area (Å²) in [5.74, 6) is -0.261. The van der Waals surface area contributed by atoms with Crippen molar-refractivity contribution in [1.29, 1.82) is 0 Å². The number of hydrogen-bond acceptors (Lipinski definition) is 6. The van der Waals surface area contributed by atoms with Gasteiger partial charge in [-0.15, -0.1) is 5.10 Å². The molecular formula is C14H21N5O3S. The number of anilines is 1. The number of nitrogens with one attached hydrogen (secondary N) is 2. The lowest BCUT2D eigenvalue weighted by molar-refractivity contribution is 0.0565. The normalized spacial score (nSPS) is 19.4. The standard InChI is InChI=1S/C14H21N5O3S/c20-12(15-10-4-2-1-3-5-10)11-13(23-18-17-11)16-14(21)19-6-8-22-9-7-19/h10H,1-9H2,(H,15,20)(H,16,21). The molecule has 0 radical (unpaired) electrons. The molecule has 126 valence electrons. The van der Waals surface area contributed by atoms with Gasteiger partial charge >= 0.3 is 6.03 Å². The Bertz CT molecular complexity index is 552. The molecule has 3 amide bonds. The topological polar surface area (TPSA) is 96.4 Å². The van der Waals surface area contributed by atoms with Crippen molar-refractivity contribution in [3.63, 3.8) is 0 Å². The second kappa shape index (κ2) is 7.69. The van der Waals surface area contributed by atoms with Crippen molar-refractivity contribution in [3.05, 3.63) is 5.69 Å². The number of aromatic nitrogens is 2. The quantitative estimate of drug-likeness (QED) is 0.869. The van der Waals surface area contributed by atoms with Crippen LogP contribution in [0.5, 0.6) is 0 Å². The Labute approximate surface area is 138 Å². The molecule has 1 saturated heterocycles. The minimum Gasteiger partial charge on any atom is -0.378 e. The molecule has 1 aliphatic heterocycles. The highest BCUT2D eigenvalue weighted by Gasteiger charge is 2.24. The van der Waals surface area contributed by atoms with Gasteiger partial charge in [-0.2, -0.15) is 0 Å². The summed E-state index contributed by atoms with van der Waals surface area (Å²) in [4.78, 5) is 26.2. The molecule has 2 aliphatic rings. The smallest absolute Gasteiger partial charge is 0.322 e. The number of amides is 3. The number of carbonyl (C=O) groups excluding carboxylic acids is 2. The molecule has 0 bridgehead atoms. The molecule has 3 rings (SSSR count). The summed E-state index contributed by atoms with van der Waals surface area (Å²) in [6.07, 6.45) is 5.50. The Kier molecular flexibility index (Phi) is 5.39. The molecule has 1 aliphatic carbocycles. The van der Waals surface area contributed by atoms with E-state index in [-0.39, 0.29) is 23.7 Å². The van der Waals surface area contributed by atoms with E-state index in [4.69, 9.17) is 4.74 Å². The summed E-state index contributed by atoms with van der Waals surface area (Å²) >= 11 is 1.02. The first kappa shape index (κ1) is 16.1. The fraction of sp³-hybridized carbons (Fsp3) is 0.714. The second-order valence-electron chi connectivity index (χ2n) is 5.79. The lowest BCUT2D eigenvalue weighted by Crippen LogP contribution is -2.43. The Balaban J connectivity index is 1.59. The van der Waals surface area contributed by atoms with Crippen LogP contribution in [0.3, 0.4) is 0 Å². The maximum atomic E-state index is 12.4. The van der Waals surface area contributed by atoms with Crippen LogP contribution in [-0.4, -0.2) is 58.8 Å². The highest BCUT2D eigenvalue weighted by molar-refractivity contribution is 7.10. The monoisotopic (exact) mass is 339 g/mol. The van der Waals surface area contributed by atoms with Gasteiger partial charge in [-0.1, -0.05) is 23.8 Å². The molecule has 8 nitrogen and oxygen atoms in total. The van der Waals surface area contributed by atoms with E-state index in [0.29, 0.717) is 31.3 Å². The zero-order valence-corrected chi connectivity index (χ0v) is 13.7. The number of hydrogen-bond donors (Lipinski definition) is 2. The Morgan fingerprint density at radius 1 is 1.17 bits per heavy atom. The zero-order chi connectivity index (χ0) is 16.1. The van der Waals surface area contributed by atoms with Crippen molar-refractivity contribution < 1.29 is 14.3 Å². The molecule has 0 aromatic carbocycles. The first-order chi connectivity index (χ1) is 11.2. The lowest BCUT2D eigenvalue weighted by atomic mass is 9.95. The average Bonchev–Trinajstić information content (AvgIpc) is 3.05. The second-order valence-corrected chi connectivity index (χ2v) is 6.54. The van der Waals surface area contributed by atoms with Crippen LogP contribution >= 0.6 is 11.5 Å². The average molecular weight is 339 g/mol. The van der Waals surface area contributed by atoms with Gasteiger partial charge in [-0.3, -0.25) is 10.1 Å². The number of morpholine rings is 1. The number of carbonyl (C=O) groups is 2. The van der Waals surface area contributed by atoms with Crippen molar-refractivity contribution in [2.24, 2.45) is 0 Å². The summed E-state index contributed by atoms with van der Waals surface area (Å²) < 4.78 is 9.03. The van der Waals surface area contributed by atoms with Crippen LogP contribution in [0.15, 0.2) is 0 Å². The van der Waals surface area contributed by atoms with E-state index in [1.807, 2.05) is 0 Å². The molecule has 0 spiro atoms. The number of ether oxygens (including phenoxy) is 1. The van der Waals surface area contributed by atoms with Crippen molar-refractivity contribution in [2.45, 2.75) is 38.1 Å². The minimum absolute atomic E-state index is 0.195. The molecule has 1 saturated carbocycles. The van der Waals surface area contributed by atoms with Gasteiger partial charge in [-0.05, 0) is 12.8 Å².